The molecule has 2 rings (SSSR count). The van der Waals surface area contributed by atoms with E-state index in [2.05, 4.69) is 34.3 Å². The lowest BCUT2D eigenvalue weighted by Crippen LogP contribution is -2.33. The van der Waals surface area contributed by atoms with Gasteiger partial charge >= 0.3 is 0 Å². The minimum atomic E-state index is 0.0665. The third kappa shape index (κ3) is 5.15. The van der Waals surface area contributed by atoms with E-state index in [0.29, 0.717) is 16.8 Å². The fourth-order valence-electron chi connectivity index (χ4n) is 2.08. The van der Waals surface area contributed by atoms with Crippen LogP contribution in [-0.4, -0.2) is 32.9 Å². The zero-order chi connectivity index (χ0) is 14.4. The van der Waals surface area contributed by atoms with E-state index in [1.54, 1.807) is 0 Å². The summed E-state index contributed by atoms with van der Waals surface area (Å²) in [7, 11) is 0. The molecule has 0 radical (unpaired) electrons. The molecule has 1 atom stereocenters. The number of nitrogens with zero attached hydrogens (tertiary/aromatic N) is 2. The Kier molecular flexibility index (Phi) is 5.88. The van der Waals surface area contributed by atoms with Crippen molar-refractivity contribution in [1.29, 1.82) is 0 Å². The number of carbonyl (C=O) groups is 1. The van der Waals surface area contributed by atoms with Crippen LogP contribution < -0.4 is 5.32 Å². The molecule has 1 unspecified atom stereocenters. The van der Waals surface area contributed by atoms with E-state index in [1.165, 1.54) is 43.9 Å². The average Bonchev–Trinajstić information content (AvgIpc) is 3.16. The summed E-state index contributed by atoms with van der Waals surface area (Å²) in [6, 6.07) is 0.254. The molecule has 1 fully saturated rings. The smallest absolute Gasteiger partial charge is 0.230 e. The molecule has 1 aromatic heterocycles. The Morgan fingerprint density at radius 1 is 1.50 bits per heavy atom. The summed E-state index contributed by atoms with van der Waals surface area (Å²) in [6.07, 6.45) is 7.08. The fraction of sp³-hybridized carbons (Fsp3) is 0.786. The van der Waals surface area contributed by atoms with Crippen molar-refractivity contribution >= 4 is 17.7 Å². The lowest BCUT2D eigenvalue weighted by atomic mass is 10.1. The van der Waals surface area contributed by atoms with Crippen molar-refractivity contribution in [2.75, 3.05) is 5.75 Å². The van der Waals surface area contributed by atoms with Crippen LogP contribution in [0.25, 0.3) is 0 Å². The molecule has 0 aliphatic heterocycles. The average molecular weight is 296 g/mol. The number of hydrogen-bond donors (Lipinski definition) is 2. The number of rotatable bonds is 9. The topological polar surface area (TPSA) is 70.7 Å². The second kappa shape index (κ2) is 7.67. The number of aromatic nitrogens is 3. The van der Waals surface area contributed by atoms with Crippen LogP contribution in [0.2, 0.25) is 0 Å². The molecule has 1 amide bonds. The van der Waals surface area contributed by atoms with Crippen molar-refractivity contribution in [2.45, 2.75) is 69.5 Å². The van der Waals surface area contributed by atoms with Crippen molar-refractivity contribution < 1.29 is 4.79 Å². The van der Waals surface area contributed by atoms with E-state index in [4.69, 9.17) is 0 Å². The van der Waals surface area contributed by atoms with Crippen molar-refractivity contribution in [2.24, 2.45) is 0 Å². The quantitative estimate of drug-likeness (QED) is 0.543. The highest BCUT2D eigenvalue weighted by Crippen LogP contribution is 2.38. The van der Waals surface area contributed by atoms with Gasteiger partial charge in [-0.1, -0.05) is 37.9 Å². The van der Waals surface area contributed by atoms with Gasteiger partial charge < -0.3 is 5.32 Å². The number of amides is 1. The molecule has 1 heterocycles. The molecule has 2 N–H and O–H groups in total. The molecule has 5 nitrogen and oxygen atoms in total. The monoisotopic (exact) mass is 296 g/mol. The second-order valence-electron chi connectivity index (χ2n) is 5.53. The molecule has 1 saturated carbocycles. The van der Waals surface area contributed by atoms with Crippen LogP contribution >= 0.6 is 11.8 Å². The molecule has 1 aliphatic rings. The van der Waals surface area contributed by atoms with E-state index in [-0.39, 0.29) is 11.9 Å². The standard InChI is InChI=1S/C14H24N4OS/c1-3-4-5-6-10(2)15-12(19)9-20-14-16-13(17-18-14)11-7-8-11/h10-11H,3-9H2,1-2H3,(H,15,19)(H,16,17,18). The Balaban J connectivity index is 1.63. The van der Waals surface area contributed by atoms with Gasteiger partial charge in [0.15, 0.2) is 0 Å². The molecule has 0 saturated heterocycles. The Hall–Kier alpha value is -1.04. The minimum Gasteiger partial charge on any atom is -0.353 e. The Bertz CT molecular complexity index is 431. The summed E-state index contributed by atoms with van der Waals surface area (Å²) < 4.78 is 0. The number of hydrogen-bond acceptors (Lipinski definition) is 4. The third-order valence-corrected chi connectivity index (χ3v) is 4.27. The maximum Gasteiger partial charge on any atom is 0.230 e. The van der Waals surface area contributed by atoms with Gasteiger partial charge in [0.05, 0.1) is 5.75 Å². The molecular formula is C14H24N4OS. The van der Waals surface area contributed by atoms with Gasteiger partial charge in [-0.05, 0) is 26.2 Å². The highest BCUT2D eigenvalue weighted by molar-refractivity contribution is 7.99. The van der Waals surface area contributed by atoms with Gasteiger partial charge in [0.2, 0.25) is 11.1 Å². The minimum absolute atomic E-state index is 0.0665. The summed E-state index contributed by atoms with van der Waals surface area (Å²) in [5, 5.41) is 10.8. The number of aromatic amines is 1. The first kappa shape index (κ1) is 15.4. The summed E-state index contributed by atoms with van der Waals surface area (Å²) in [4.78, 5) is 16.2. The molecule has 0 spiro atoms. The molecular weight excluding hydrogens is 272 g/mol. The van der Waals surface area contributed by atoms with Gasteiger partial charge in [0.25, 0.3) is 0 Å². The predicted octanol–water partition coefficient (Wildman–Crippen LogP) is 2.86. The number of thioether (sulfide) groups is 1. The maximum absolute atomic E-state index is 11.8. The zero-order valence-electron chi connectivity index (χ0n) is 12.3. The summed E-state index contributed by atoms with van der Waals surface area (Å²) in [6.45, 7) is 4.25. The van der Waals surface area contributed by atoms with Crippen LogP contribution in [0.3, 0.4) is 0 Å². The van der Waals surface area contributed by atoms with E-state index >= 15 is 0 Å². The Labute approximate surface area is 124 Å². The van der Waals surface area contributed by atoms with Gasteiger partial charge in [0, 0.05) is 12.0 Å². The van der Waals surface area contributed by atoms with E-state index < -0.39 is 0 Å². The van der Waals surface area contributed by atoms with Crippen molar-refractivity contribution in [1.82, 2.24) is 20.5 Å². The Morgan fingerprint density at radius 2 is 2.30 bits per heavy atom. The maximum atomic E-state index is 11.8. The number of nitrogens with one attached hydrogen (secondary N) is 2. The van der Waals surface area contributed by atoms with Crippen molar-refractivity contribution in [3.8, 4) is 0 Å². The third-order valence-electron chi connectivity index (χ3n) is 3.43. The first-order chi connectivity index (χ1) is 9.69. The first-order valence-electron chi connectivity index (χ1n) is 7.53. The molecule has 6 heteroatoms. The number of unbranched alkanes of at least 4 members (excludes halogenated alkanes) is 2. The molecule has 0 bridgehead atoms. The first-order valence-corrected chi connectivity index (χ1v) is 8.52. The molecule has 112 valence electrons. The zero-order valence-corrected chi connectivity index (χ0v) is 13.1. The SMILES string of the molecule is CCCCCC(C)NC(=O)CSc1n[nH]c(C2CC2)n1. The predicted molar refractivity (Wildman–Crippen MR) is 80.8 cm³/mol. The van der Waals surface area contributed by atoms with Crippen LogP contribution in [0.15, 0.2) is 5.16 Å². The summed E-state index contributed by atoms with van der Waals surface area (Å²) >= 11 is 1.40. The van der Waals surface area contributed by atoms with Crippen LogP contribution in [0.5, 0.6) is 0 Å². The lowest BCUT2D eigenvalue weighted by Gasteiger charge is -2.12. The van der Waals surface area contributed by atoms with E-state index in [9.17, 15) is 4.79 Å². The molecule has 20 heavy (non-hydrogen) atoms. The van der Waals surface area contributed by atoms with E-state index in [0.717, 1.165) is 12.2 Å². The van der Waals surface area contributed by atoms with Crippen LogP contribution in [0.4, 0.5) is 0 Å². The molecule has 1 aromatic rings. The van der Waals surface area contributed by atoms with Crippen LogP contribution in [0.1, 0.15) is 64.1 Å². The second-order valence-corrected chi connectivity index (χ2v) is 6.47. The number of carbonyl (C=O) groups excluding carboxylic acids is 1. The normalized spacial score (nSPS) is 16.1. The van der Waals surface area contributed by atoms with Gasteiger partial charge in [-0.15, -0.1) is 5.10 Å². The van der Waals surface area contributed by atoms with Gasteiger partial charge in [-0.3, -0.25) is 9.89 Å². The molecule has 0 aromatic carbocycles. The van der Waals surface area contributed by atoms with Crippen molar-refractivity contribution in [3.05, 3.63) is 5.82 Å². The highest BCUT2D eigenvalue weighted by Gasteiger charge is 2.27. The van der Waals surface area contributed by atoms with Gasteiger partial charge in [-0.2, -0.15) is 0 Å². The Morgan fingerprint density at radius 3 is 3.00 bits per heavy atom. The lowest BCUT2D eigenvalue weighted by molar-refractivity contribution is -0.119. The van der Waals surface area contributed by atoms with E-state index in [1.807, 2.05) is 0 Å². The fourth-order valence-corrected chi connectivity index (χ4v) is 2.70. The van der Waals surface area contributed by atoms with Crippen molar-refractivity contribution in [3.63, 3.8) is 0 Å². The molecule has 1 aliphatic carbocycles. The van der Waals surface area contributed by atoms with Crippen LogP contribution in [0, 0.1) is 0 Å². The largest absolute Gasteiger partial charge is 0.353 e. The summed E-state index contributed by atoms with van der Waals surface area (Å²) in [5.41, 5.74) is 0. The number of H-pyrrole nitrogens is 1. The van der Waals surface area contributed by atoms with Gasteiger partial charge in [-0.25, -0.2) is 4.98 Å². The van der Waals surface area contributed by atoms with Gasteiger partial charge in [0.1, 0.15) is 5.82 Å². The summed E-state index contributed by atoms with van der Waals surface area (Å²) in [5.74, 6) is 2.00. The van der Waals surface area contributed by atoms with Crippen LogP contribution in [-0.2, 0) is 4.79 Å². The highest BCUT2D eigenvalue weighted by atomic mass is 32.2.